The number of halogens is 1. The Morgan fingerprint density at radius 1 is 1.33 bits per heavy atom. The number of aromatic nitrogens is 1. The van der Waals surface area contributed by atoms with Crippen molar-refractivity contribution in [1.29, 1.82) is 0 Å². The van der Waals surface area contributed by atoms with E-state index in [-0.39, 0.29) is 5.91 Å². The molecule has 21 heavy (non-hydrogen) atoms. The van der Waals surface area contributed by atoms with Crippen LogP contribution < -0.4 is 5.32 Å². The van der Waals surface area contributed by atoms with Crippen LogP contribution in [0.5, 0.6) is 0 Å². The largest absolute Gasteiger partial charge is 0.384 e. The molecule has 4 nitrogen and oxygen atoms in total. The molecule has 2 rings (SSSR count). The topological polar surface area (TPSA) is 51.2 Å². The summed E-state index contributed by atoms with van der Waals surface area (Å²) in [5.41, 5.74) is 2.48. The summed E-state index contributed by atoms with van der Waals surface area (Å²) in [5, 5.41) is 3.42. The minimum Gasteiger partial charge on any atom is -0.384 e. The number of nitrogens with zero attached hydrogens (tertiary/aromatic N) is 1. The first-order valence-electron chi connectivity index (χ1n) is 6.61. The van der Waals surface area contributed by atoms with Gasteiger partial charge in [0.25, 0.3) is 5.91 Å². The lowest BCUT2D eigenvalue weighted by atomic mass is 10.1. The van der Waals surface area contributed by atoms with Gasteiger partial charge in [-0.25, -0.2) is 4.98 Å². The maximum absolute atomic E-state index is 12.3. The minimum atomic E-state index is -0.194. The summed E-state index contributed by atoms with van der Waals surface area (Å²) in [5.74, 6) is 0.337. The first-order valence-corrected chi connectivity index (χ1v) is 6.99. The molecule has 1 aromatic heterocycles. The fraction of sp³-hybridized carbons (Fsp3) is 0.250. The van der Waals surface area contributed by atoms with E-state index in [1.807, 2.05) is 19.1 Å². The first kappa shape index (κ1) is 15.5. The molecule has 0 unspecified atom stereocenters. The van der Waals surface area contributed by atoms with E-state index in [0.717, 1.165) is 17.5 Å². The Labute approximate surface area is 129 Å². The zero-order chi connectivity index (χ0) is 15.2. The van der Waals surface area contributed by atoms with Gasteiger partial charge >= 0.3 is 0 Å². The molecule has 0 spiro atoms. The third kappa shape index (κ3) is 4.28. The van der Waals surface area contributed by atoms with Gasteiger partial charge in [0.1, 0.15) is 5.82 Å². The molecule has 1 N–H and O–H groups in total. The van der Waals surface area contributed by atoms with Crippen molar-refractivity contribution in [3.8, 4) is 0 Å². The first-order chi connectivity index (χ1) is 10.1. The normalized spacial score (nSPS) is 10.4. The Morgan fingerprint density at radius 3 is 2.86 bits per heavy atom. The fourth-order valence-corrected chi connectivity index (χ4v) is 2.21. The predicted molar refractivity (Wildman–Crippen MR) is 84.0 cm³/mol. The number of ether oxygens (including phenoxy) is 1. The van der Waals surface area contributed by atoms with Crippen LogP contribution in [-0.4, -0.2) is 24.6 Å². The maximum atomic E-state index is 12.3. The van der Waals surface area contributed by atoms with Crippen molar-refractivity contribution in [2.75, 3.05) is 19.0 Å². The van der Waals surface area contributed by atoms with E-state index in [2.05, 4.69) is 10.3 Å². The molecule has 0 fully saturated rings. The molecule has 1 heterocycles. The average Bonchev–Trinajstić information content (AvgIpc) is 2.45. The predicted octanol–water partition coefficient (Wildman–Crippen LogP) is 3.48. The lowest BCUT2D eigenvalue weighted by Gasteiger charge is -2.08. The quantitative estimate of drug-likeness (QED) is 0.920. The third-order valence-corrected chi connectivity index (χ3v) is 3.33. The average molecular weight is 305 g/mol. The van der Waals surface area contributed by atoms with Gasteiger partial charge in [0.05, 0.1) is 6.61 Å². The van der Waals surface area contributed by atoms with Crippen molar-refractivity contribution >= 4 is 23.3 Å². The standard InChI is InChI=1S/C16H17ClN2O2/c1-11-9-13(17)3-4-14(11)16(20)19-15-10-12(5-7-18-15)6-8-21-2/h3-5,7,9-10H,6,8H2,1-2H3,(H,18,19,20). The molecule has 0 bridgehead atoms. The zero-order valence-electron chi connectivity index (χ0n) is 12.0. The number of carbonyl (C=O) groups is 1. The van der Waals surface area contributed by atoms with Gasteiger partial charge in [0.15, 0.2) is 0 Å². The highest BCUT2D eigenvalue weighted by Gasteiger charge is 2.10. The molecule has 1 aromatic carbocycles. The summed E-state index contributed by atoms with van der Waals surface area (Å²) in [4.78, 5) is 16.4. The van der Waals surface area contributed by atoms with E-state index < -0.39 is 0 Å². The number of hydrogen-bond acceptors (Lipinski definition) is 3. The minimum absolute atomic E-state index is 0.194. The third-order valence-electron chi connectivity index (χ3n) is 3.09. The van der Waals surface area contributed by atoms with E-state index in [0.29, 0.717) is 23.0 Å². The van der Waals surface area contributed by atoms with E-state index in [1.54, 1.807) is 31.5 Å². The van der Waals surface area contributed by atoms with Crippen molar-refractivity contribution in [3.63, 3.8) is 0 Å². The molecule has 5 heteroatoms. The highest BCUT2D eigenvalue weighted by atomic mass is 35.5. The van der Waals surface area contributed by atoms with Crippen molar-refractivity contribution in [3.05, 3.63) is 58.2 Å². The second-order valence-electron chi connectivity index (χ2n) is 4.71. The summed E-state index contributed by atoms with van der Waals surface area (Å²) < 4.78 is 5.04. The lowest BCUT2D eigenvalue weighted by molar-refractivity contribution is 0.102. The van der Waals surface area contributed by atoms with Crippen molar-refractivity contribution in [2.45, 2.75) is 13.3 Å². The van der Waals surface area contributed by atoms with Gasteiger partial charge < -0.3 is 10.1 Å². The number of benzene rings is 1. The Balaban J connectivity index is 2.12. The Hall–Kier alpha value is -1.91. The van der Waals surface area contributed by atoms with Gasteiger partial charge in [-0.15, -0.1) is 0 Å². The van der Waals surface area contributed by atoms with Crippen LogP contribution in [0.25, 0.3) is 0 Å². The molecule has 0 saturated carbocycles. The van der Waals surface area contributed by atoms with E-state index in [9.17, 15) is 4.79 Å². The van der Waals surface area contributed by atoms with Gasteiger partial charge in [-0.2, -0.15) is 0 Å². The van der Waals surface area contributed by atoms with Gasteiger partial charge in [0.2, 0.25) is 0 Å². The molecule has 0 aliphatic carbocycles. The second kappa shape index (κ2) is 7.20. The Kier molecular flexibility index (Phi) is 5.31. The maximum Gasteiger partial charge on any atom is 0.257 e. The second-order valence-corrected chi connectivity index (χ2v) is 5.14. The summed E-state index contributed by atoms with van der Waals surface area (Å²) in [6.45, 7) is 2.48. The van der Waals surface area contributed by atoms with Crippen molar-refractivity contribution < 1.29 is 9.53 Å². The number of pyridine rings is 1. The number of hydrogen-bond donors (Lipinski definition) is 1. The molecule has 0 atom stereocenters. The van der Waals surface area contributed by atoms with Crippen molar-refractivity contribution in [1.82, 2.24) is 4.98 Å². The Bertz CT molecular complexity index is 644. The number of amides is 1. The highest BCUT2D eigenvalue weighted by molar-refractivity contribution is 6.30. The van der Waals surface area contributed by atoms with E-state index in [1.165, 1.54) is 0 Å². The van der Waals surface area contributed by atoms with Gasteiger partial charge in [0, 0.05) is 23.9 Å². The van der Waals surface area contributed by atoms with Crippen LogP contribution in [0.1, 0.15) is 21.5 Å². The van der Waals surface area contributed by atoms with E-state index in [4.69, 9.17) is 16.3 Å². The van der Waals surface area contributed by atoms with Crippen LogP contribution in [0.4, 0.5) is 5.82 Å². The van der Waals surface area contributed by atoms with E-state index >= 15 is 0 Å². The Morgan fingerprint density at radius 2 is 2.14 bits per heavy atom. The number of carbonyl (C=O) groups excluding carboxylic acids is 1. The SMILES string of the molecule is COCCc1ccnc(NC(=O)c2ccc(Cl)cc2C)c1. The summed E-state index contributed by atoms with van der Waals surface area (Å²) in [6.07, 6.45) is 2.46. The molecule has 0 radical (unpaired) electrons. The van der Waals surface area contributed by atoms with Crippen LogP contribution in [0.15, 0.2) is 36.5 Å². The molecule has 2 aromatic rings. The number of aryl methyl sites for hydroxylation is 1. The highest BCUT2D eigenvalue weighted by Crippen LogP contribution is 2.17. The number of nitrogens with one attached hydrogen (secondary N) is 1. The fourth-order valence-electron chi connectivity index (χ4n) is 1.98. The monoisotopic (exact) mass is 304 g/mol. The van der Waals surface area contributed by atoms with Crippen LogP contribution in [0.3, 0.4) is 0 Å². The summed E-state index contributed by atoms with van der Waals surface area (Å²) >= 11 is 5.90. The van der Waals surface area contributed by atoms with Gasteiger partial charge in [-0.05, 0) is 54.8 Å². The number of methoxy groups -OCH3 is 1. The smallest absolute Gasteiger partial charge is 0.257 e. The van der Waals surface area contributed by atoms with Crippen LogP contribution in [-0.2, 0) is 11.2 Å². The van der Waals surface area contributed by atoms with Gasteiger partial charge in [-0.3, -0.25) is 4.79 Å². The summed E-state index contributed by atoms with van der Waals surface area (Å²) in [6, 6.07) is 8.93. The molecular formula is C16H17ClN2O2. The zero-order valence-corrected chi connectivity index (χ0v) is 12.8. The molecule has 110 valence electrons. The number of rotatable bonds is 5. The van der Waals surface area contributed by atoms with Crippen LogP contribution in [0.2, 0.25) is 5.02 Å². The van der Waals surface area contributed by atoms with Crippen LogP contribution in [0, 0.1) is 6.92 Å². The summed E-state index contributed by atoms with van der Waals surface area (Å²) in [7, 11) is 1.66. The molecule has 0 aliphatic rings. The molecule has 0 aliphatic heterocycles. The molecule has 1 amide bonds. The number of anilines is 1. The molecular weight excluding hydrogens is 288 g/mol. The van der Waals surface area contributed by atoms with Crippen molar-refractivity contribution in [2.24, 2.45) is 0 Å². The molecule has 0 saturated heterocycles. The van der Waals surface area contributed by atoms with Gasteiger partial charge in [-0.1, -0.05) is 11.6 Å². The van der Waals surface area contributed by atoms with Crippen LogP contribution >= 0.6 is 11.6 Å². The lowest BCUT2D eigenvalue weighted by Crippen LogP contribution is -2.14.